The number of phenolic OH excluding ortho intramolecular Hbond substituents is 2. The lowest BCUT2D eigenvalue weighted by atomic mass is 10.1. The van der Waals surface area contributed by atoms with Gasteiger partial charge in [-0.15, -0.1) is 0 Å². The zero-order chi connectivity index (χ0) is 30.5. The molecule has 0 spiro atoms. The molecule has 2 amide bonds. The van der Waals surface area contributed by atoms with Gasteiger partial charge in [-0.2, -0.15) is 0 Å². The van der Waals surface area contributed by atoms with Crippen LogP contribution in [-0.4, -0.2) is 86.3 Å². The molecule has 0 saturated heterocycles. The van der Waals surface area contributed by atoms with Crippen molar-refractivity contribution in [3.63, 3.8) is 0 Å². The molecule has 0 heterocycles. The predicted molar refractivity (Wildman–Crippen MR) is 162 cm³/mol. The van der Waals surface area contributed by atoms with Gasteiger partial charge in [-0.1, -0.05) is 36.4 Å². The second-order valence-electron chi connectivity index (χ2n) is 10.2. The molecule has 0 radical (unpaired) electrons. The zero-order valence-electron chi connectivity index (χ0n) is 24.9. The van der Waals surface area contributed by atoms with Crippen LogP contribution in [0.4, 0.5) is 0 Å². The van der Waals surface area contributed by atoms with Crippen LogP contribution in [0, 0.1) is 0 Å². The molecule has 0 aliphatic rings. The van der Waals surface area contributed by atoms with Crippen LogP contribution in [-0.2, 0) is 13.1 Å². The van der Waals surface area contributed by atoms with Gasteiger partial charge in [0.15, 0.2) is 0 Å². The van der Waals surface area contributed by atoms with E-state index < -0.39 is 11.8 Å². The molecular weight excluding hydrogens is 536 g/mol. The third-order valence-corrected chi connectivity index (χ3v) is 6.87. The highest BCUT2D eigenvalue weighted by Gasteiger charge is 2.19. The minimum Gasteiger partial charge on any atom is -0.507 e. The van der Waals surface area contributed by atoms with E-state index in [-0.39, 0.29) is 22.6 Å². The standard InChI is InChI=1S/C32H42N4O6/c1-35(21-23-11-5-7-13-29(23)41-3)17-9-15-33-31(39)25-19-28(38)26(20-27(25)37)32(40)34-16-10-18-36(2)22-24-12-6-8-14-30(24)42-4/h5-8,11-14,19-20,37-38H,9-10,15-18,21-22H2,1-4H3,(H,33,39)(H,34,40). The number of para-hydroxylation sites is 2. The fraction of sp³-hybridized carbons (Fsp3) is 0.375. The molecule has 0 atom stereocenters. The molecular formula is C32H42N4O6. The summed E-state index contributed by atoms with van der Waals surface area (Å²) >= 11 is 0. The monoisotopic (exact) mass is 578 g/mol. The Hall–Kier alpha value is -4.28. The lowest BCUT2D eigenvalue weighted by molar-refractivity contribution is 0.0934. The maximum atomic E-state index is 12.6. The van der Waals surface area contributed by atoms with Crippen LogP contribution in [0.2, 0.25) is 0 Å². The number of ether oxygens (including phenoxy) is 2. The molecule has 0 unspecified atom stereocenters. The Balaban J connectivity index is 1.41. The molecule has 42 heavy (non-hydrogen) atoms. The Kier molecular flexibility index (Phi) is 12.5. The minimum absolute atomic E-state index is 0.0932. The molecule has 0 saturated carbocycles. The van der Waals surface area contributed by atoms with Crippen molar-refractivity contribution < 1.29 is 29.3 Å². The first-order chi connectivity index (χ1) is 20.2. The topological polar surface area (TPSA) is 124 Å². The number of amides is 2. The fourth-order valence-corrected chi connectivity index (χ4v) is 4.64. The maximum absolute atomic E-state index is 12.6. The van der Waals surface area contributed by atoms with E-state index in [4.69, 9.17) is 9.47 Å². The summed E-state index contributed by atoms with van der Waals surface area (Å²) < 4.78 is 10.8. The van der Waals surface area contributed by atoms with Gasteiger partial charge in [0.05, 0.1) is 25.3 Å². The molecule has 0 aliphatic carbocycles. The predicted octanol–water partition coefficient (Wildman–Crippen LogP) is 3.62. The summed E-state index contributed by atoms with van der Waals surface area (Å²) in [6.07, 6.45) is 1.36. The molecule has 3 aromatic carbocycles. The van der Waals surface area contributed by atoms with Crippen LogP contribution >= 0.6 is 0 Å². The van der Waals surface area contributed by atoms with Crippen LogP contribution in [0.1, 0.15) is 44.7 Å². The number of rotatable bonds is 16. The highest BCUT2D eigenvalue weighted by atomic mass is 16.5. The van der Waals surface area contributed by atoms with Gasteiger partial charge in [0.1, 0.15) is 23.0 Å². The maximum Gasteiger partial charge on any atom is 0.255 e. The molecule has 0 aromatic heterocycles. The molecule has 226 valence electrons. The van der Waals surface area contributed by atoms with Crippen molar-refractivity contribution in [2.75, 3.05) is 54.5 Å². The highest BCUT2D eigenvalue weighted by Crippen LogP contribution is 2.27. The van der Waals surface area contributed by atoms with Crippen LogP contribution in [0.3, 0.4) is 0 Å². The van der Waals surface area contributed by atoms with Crippen molar-refractivity contribution in [2.45, 2.75) is 25.9 Å². The molecule has 4 N–H and O–H groups in total. The first-order valence-corrected chi connectivity index (χ1v) is 14.0. The van der Waals surface area contributed by atoms with Crippen molar-refractivity contribution >= 4 is 11.8 Å². The van der Waals surface area contributed by atoms with Crippen LogP contribution < -0.4 is 20.1 Å². The molecule has 3 rings (SSSR count). The van der Waals surface area contributed by atoms with E-state index in [0.29, 0.717) is 39.0 Å². The van der Waals surface area contributed by atoms with Gasteiger partial charge in [0, 0.05) is 37.3 Å². The highest BCUT2D eigenvalue weighted by molar-refractivity contribution is 6.02. The van der Waals surface area contributed by atoms with E-state index in [0.717, 1.165) is 47.8 Å². The van der Waals surface area contributed by atoms with E-state index >= 15 is 0 Å². The first kappa shape index (κ1) is 32.2. The van der Waals surface area contributed by atoms with Crippen LogP contribution in [0.25, 0.3) is 0 Å². The largest absolute Gasteiger partial charge is 0.507 e. The smallest absolute Gasteiger partial charge is 0.255 e. The number of methoxy groups -OCH3 is 2. The number of carbonyl (C=O) groups excluding carboxylic acids is 2. The normalized spacial score (nSPS) is 11.0. The number of hydrogen-bond acceptors (Lipinski definition) is 8. The number of aromatic hydroxyl groups is 2. The lowest BCUT2D eigenvalue weighted by Gasteiger charge is -2.18. The summed E-state index contributed by atoms with van der Waals surface area (Å²) in [4.78, 5) is 29.5. The SMILES string of the molecule is COc1ccccc1CN(C)CCCNC(=O)c1cc(O)c(C(=O)NCCCN(C)Cc2ccccc2OC)cc1O. The number of hydrogen-bond donors (Lipinski definition) is 4. The molecule has 0 bridgehead atoms. The van der Waals surface area contributed by atoms with Gasteiger partial charge in [0.25, 0.3) is 11.8 Å². The Labute approximate surface area is 247 Å². The Morgan fingerprint density at radius 3 is 1.45 bits per heavy atom. The number of nitrogens with zero attached hydrogens (tertiary/aromatic N) is 2. The van der Waals surface area contributed by atoms with E-state index in [1.807, 2.05) is 62.6 Å². The molecule has 0 aliphatic heterocycles. The molecule has 3 aromatic rings. The van der Waals surface area contributed by atoms with Gasteiger partial charge in [-0.25, -0.2) is 0 Å². The average Bonchev–Trinajstić information content (AvgIpc) is 2.98. The Morgan fingerprint density at radius 1 is 0.690 bits per heavy atom. The van der Waals surface area contributed by atoms with Crippen molar-refractivity contribution in [3.05, 3.63) is 82.9 Å². The second-order valence-corrected chi connectivity index (χ2v) is 10.2. The summed E-state index contributed by atoms with van der Waals surface area (Å²) in [6.45, 7) is 3.62. The van der Waals surface area contributed by atoms with Gasteiger partial charge < -0.3 is 40.1 Å². The van der Waals surface area contributed by atoms with E-state index in [1.165, 1.54) is 0 Å². The van der Waals surface area contributed by atoms with Crippen LogP contribution in [0.5, 0.6) is 23.0 Å². The second kappa shape index (κ2) is 16.2. The van der Waals surface area contributed by atoms with Crippen molar-refractivity contribution in [3.8, 4) is 23.0 Å². The van der Waals surface area contributed by atoms with Crippen LogP contribution in [0.15, 0.2) is 60.7 Å². The fourth-order valence-electron chi connectivity index (χ4n) is 4.64. The molecule has 10 nitrogen and oxygen atoms in total. The van der Waals surface area contributed by atoms with E-state index in [2.05, 4.69) is 20.4 Å². The average molecular weight is 579 g/mol. The summed E-state index contributed by atoms with van der Waals surface area (Å²) in [5.41, 5.74) is 1.97. The van der Waals surface area contributed by atoms with Gasteiger partial charge in [0.2, 0.25) is 0 Å². The quantitative estimate of drug-likeness (QED) is 0.150. The number of carbonyl (C=O) groups is 2. The summed E-state index contributed by atoms with van der Waals surface area (Å²) in [7, 11) is 7.27. The third-order valence-electron chi connectivity index (χ3n) is 6.87. The summed E-state index contributed by atoms with van der Waals surface area (Å²) in [5, 5.41) is 26.4. The first-order valence-electron chi connectivity index (χ1n) is 14.0. The van der Waals surface area contributed by atoms with Crippen molar-refractivity contribution in [1.29, 1.82) is 0 Å². The Bertz CT molecular complexity index is 1230. The zero-order valence-corrected chi connectivity index (χ0v) is 24.9. The third kappa shape index (κ3) is 9.39. The number of benzene rings is 3. The van der Waals surface area contributed by atoms with Gasteiger partial charge >= 0.3 is 0 Å². The number of nitrogens with one attached hydrogen (secondary N) is 2. The van der Waals surface area contributed by atoms with Gasteiger partial charge in [-0.3, -0.25) is 9.59 Å². The molecule has 0 fully saturated rings. The molecule has 10 heteroatoms. The van der Waals surface area contributed by atoms with E-state index in [1.54, 1.807) is 14.2 Å². The van der Waals surface area contributed by atoms with Crippen molar-refractivity contribution in [2.24, 2.45) is 0 Å². The number of phenols is 2. The summed E-state index contributed by atoms with van der Waals surface area (Å²) in [6, 6.07) is 17.9. The van der Waals surface area contributed by atoms with Crippen molar-refractivity contribution in [1.82, 2.24) is 20.4 Å². The minimum atomic E-state index is -0.528. The lowest BCUT2D eigenvalue weighted by Crippen LogP contribution is -2.29. The van der Waals surface area contributed by atoms with E-state index in [9.17, 15) is 19.8 Å². The summed E-state index contributed by atoms with van der Waals surface area (Å²) in [5.74, 6) is -0.142. The Morgan fingerprint density at radius 2 is 1.07 bits per heavy atom. The van der Waals surface area contributed by atoms with Gasteiger partial charge in [-0.05, 0) is 64.3 Å².